The molecular formula is C18H24N2O4S. The fraction of sp³-hybridized carbons (Fsp3) is 0.556. The van der Waals surface area contributed by atoms with Crippen LogP contribution in [0.3, 0.4) is 0 Å². The van der Waals surface area contributed by atoms with E-state index in [1.165, 1.54) is 11.3 Å². The van der Waals surface area contributed by atoms with E-state index in [9.17, 15) is 9.59 Å². The SMILES string of the molecule is CCCOC(=O)C1=C(C)N=C(C)C(C(=O)OCCC)C1c1nccs1. The van der Waals surface area contributed by atoms with Gasteiger partial charge in [-0.1, -0.05) is 13.8 Å². The molecule has 0 fully saturated rings. The van der Waals surface area contributed by atoms with Gasteiger partial charge >= 0.3 is 11.9 Å². The lowest BCUT2D eigenvalue weighted by molar-refractivity contribution is -0.146. The van der Waals surface area contributed by atoms with E-state index in [2.05, 4.69) is 9.98 Å². The van der Waals surface area contributed by atoms with Crippen molar-refractivity contribution in [3.8, 4) is 0 Å². The molecule has 136 valence electrons. The standard InChI is InChI=1S/C18H24N2O4S/c1-5-8-23-17(21)13-11(3)20-12(4)14(18(22)24-9-6-2)15(13)16-19-7-10-25-16/h7,10,13,15H,5-6,8-9H2,1-4H3. The lowest BCUT2D eigenvalue weighted by Gasteiger charge is -2.29. The summed E-state index contributed by atoms with van der Waals surface area (Å²) in [5, 5.41) is 2.52. The first kappa shape index (κ1) is 19.3. The zero-order valence-electron chi connectivity index (χ0n) is 15.1. The minimum Gasteiger partial charge on any atom is -0.465 e. The van der Waals surface area contributed by atoms with Crippen LogP contribution in [-0.4, -0.2) is 35.8 Å². The first-order valence-electron chi connectivity index (χ1n) is 8.50. The molecule has 1 aliphatic rings. The van der Waals surface area contributed by atoms with E-state index in [1.807, 2.05) is 19.2 Å². The minimum absolute atomic E-state index is 0.327. The molecule has 0 aromatic carbocycles. The second-order valence-corrected chi connectivity index (χ2v) is 6.81. The highest BCUT2D eigenvalue weighted by atomic mass is 32.1. The third-order valence-electron chi connectivity index (χ3n) is 3.91. The minimum atomic E-state index is -0.662. The van der Waals surface area contributed by atoms with Crippen LogP contribution in [0.25, 0.3) is 0 Å². The summed E-state index contributed by atoms with van der Waals surface area (Å²) in [5.41, 5.74) is 1.59. The number of rotatable bonds is 7. The number of carbonyl (C=O) groups excluding carboxylic acids is 2. The fourth-order valence-corrected chi connectivity index (χ4v) is 3.61. The zero-order chi connectivity index (χ0) is 18.4. The van der Waals surface area contributed by atoms with E-state index in [0.29, 0.717) is 35.2 Å². The Morgan fingerprint density at radius 1 is 1.16 bits per heavy atom. The highest BCUT2D eigenvalue weighted by Crippen LogP contribution is 2.40. The first-order valence-corrected chi connectivity index (χ1v) is 9.38. The fourth-order valence-electron chi connectivity index (χ4n) is 2.83. The summed E-state index contributed by atoms with van der Waals surface area (Å²) in [6.45, 7) is 8.08. The van der Waals surface area contributed by atoms with Gasteiger partial charge in [-0.15, -0.1) is 11.3 Å². The number of hydrogen-bond acceptors (Lipinski definition) is 7. The predicted molar refractivity (Wildman–Crippen MR) is 96.7 cm³/mol. The molecular weight excluding hydrogens is 340 g/mol. The van der Waals surface area contributed by atoms with Crippen LogP contribution < -0.4 is 0 Å². The Morgan fingerprint density at radius 2 is 1.84 bits per heavy atom. The first-order chi connectivity index (χ1) is 12.0. The molecule has 0 saturated carbocycles. The summed E-state index contributed by atoms with van der Waals surface area (Å²) in [6, 6.07) is 0. The van der Waals surface area contributed by atoms with Gasteiger partial charge in [0.1, 0.15) is 10.9 Å². The number of aromatic nitrogens is 1. The Morgan fingerprint density at radius 3 is 2.44 bits per heavy atom. The molecule has 2 heterocycles. The van der Waals surface area contributed by atoms with Gasteiger partial charge in [0.2, 0.25) is 0 Å². The molecule has 0 saturated heterocycles. The second-order valence-electron chi connectivity index (χ2n) is 5.88. The van der Waals surface area contributed by atoms with Crippen LogP contribution >= 0.6 is 11.3 Å². The van der Waals surface area contributed by atoms with Crippen molar-refractivity contribution in [1.82, 2.24) is 4.98 Å². The van der Waals surface area contributed by atoms with Gasteiger partial charge in [0.05, 0.1) is 24.7 Å². The van der Waals surface area contributed by atoms with Crippen molar-refractivity contribution < 1.29 is 19.1 Å². The highest BCUT2D eigenvalue weighted by Gasteiger charge is 2.43. The number of carbonyl (C=O) groups is 2. The van der Waals surface area contributed by atoms with E-state index in [4.69, 9.17) is 9.47 Å². The number of esters is 2. The average Bonchev–Trinajstić information content (AvgIpc) is 3.11. The van der Waals surface area contributed by atoms with Gasteiger partial charge in [-0.05, 0) is 26.7 Å². The summed E-state index contributed by atoms with van der Waals surface area (Å²) in [6.07, 6.45) is 3.13. The number of allylic oxidation sites excluding steroid dienone is 1. The van der Waals surface area contributed by atoms with E-state index >= 15 is 0 Å². The molecule has 6 nitrogen and oxygen atoms in total. The Labute approximate surface area is 152 Å². The average molecular weight is 364 g/mol. The summed E-state index contributed by atoms with van der Waals surface area (Å²) < 4.78 is 10.7. The molecule has 1 aromatic rings. The van der Waals surface area contributed by atoms with E-state index in [1.54, 1.807) is 20.0 Å². The van der Waals surface area contributed by atoms with Crippen molar-refractivity contribution in [2.45, 2.75) is 46.5 Å². The molecule has 25 heavy (non-hydrogen) atoms. The van der Waals surface area contributed by atoms with Gasteiger partial charge in [0, 0.05) is 23.0 Å². The summed E-state index contributed by atoms with van der Waals surface area (Å²) in [5.74, 6) is -2.00. The van der Waals surface area contributed by atoms with Crippen LogP contribution in [0.2, 0.25) is 0 Å². The lowest BCUT2D eigenvalue weighted by atomic mass is 9.80. The van der Waals surface area contributed by atoms with Crippen molar-refractivity contribution in [3.05, 3.63) is 27.9 Å². The maximum atomic E-state index is 12.7. The molecule has 1 aromatic heterocycles. The monoisotopic (exact) mass is 364 g/mol. The van der Waals surface area contributed by atoms with Crippen molar-refractivity contribution in [3.63, 3.8) is 0 Å². The van der Waals surface area contributed by atoms with Gasteiger partial charge in [-0.25, -0.2) is 9.78 Å². The third-order valence-corrected chi connectivity index (χ3v) is 4.76. The molecule has 0 bridgehead atoms. The Hall–Kier alpha value is -2.02. The number of ether oxygens (including phenoxy) is 2. The quantitative estimate of drug-likeness (QED) is 0.692. The number of nitrogens with zero attached hydrogens (tertiary/aromatic N) is 2. The number of thiazole rings is 1. The summed E-state index contributed by atoms with van der Waals surface area (Å²) in [4.78, 5) is 34.1. The Bertz CT molecular complexity index is 679. The molecule has 1 aliphatic heterocycles. The lowest BCUT2D eigenvalue weighted by Crippen LogP contribution is -2.36. The molecule has 0 spiro atoms. The zero-order valence-corrected chi connectivity index (χ0v) is 15.9. The maximum Gasteiger partial charge on any atom is 0.336 e. The molecule has 2 atom stereocenters. The van der Waals surface area contributed by atoms with Crippen molar-refractivity contribution in [2.75, 3.05) is 13.2 Å². The molecule has 0 aliphatic carbocycles. The van der Waals surface area contributed by atoms with Crippen LogP contribution in [0.1, 0.15) is 51.5 Å². The number of hydrogen-bond donors (Lipinski definition) is 0. The molecule has 0 radical (unpaired) electrons. The highest BCUT2D eigenvalue weighted by molar-refractivity contribution is 7.09. The second kappa shape index (κ2) is 8.89. The van der Waals surface area contributed by atoms with E-state index in [-0.39, 0.29) is 5.97 Å². The molecule has 7 heteroatoms. The van der Waals surface area contributed by atoms with Crippen molar-refractivity contribution >= 4 is 29.0 Å². The maximum absolute atomic E-state index is 12.7. The van der Waals surface area contributed by atoms with E-state index in [0.717, 1.165) is 12.8 Å². The topological polar surface area (TPSA) is 77.8 Å². The van der Waals surface area contributed by atoms with Gasteiger partial charge in [0.25, 0.3) is 0 Å². The molecule has 0 amide bonds. The van der Waals surface area contributed by atoms with Crippen LogP contribution in [-0.2, 0) is 19.1 Å². The van der Waals surface area contributed by atoms with Gasteiger partial charge in [-0.2, -0.15) is 0 Å². The largest absolute Gasteiger partial charge is 0.465 e. The predicted octanol–water partition coefficient (Wildman–Crippen LogP) is 3.50. The van der Waals surface area contributed by atoms with Crippen LogP contribution in [0.5, 0.6) is 0 Å². The van der Waals surface area contributed by atoms with Gasteiger partial charge in [0.15, 0.2) is 0 Å². The molecule has 2 unspecified atom stereocenters. The summed E-state index contributed by atoms with van der Waals surface area (Å²) in [7, 11) is 0. The third kappa shape index (κ3) is 4.34. The smallest absolute Gasteiger partial charge is 0.336 e. The van der Waals surface area contributed by atoms with Crippen LogP contribution in [0.15, 0.2) is 27.8 Å². The summed E-state index contributed by atoms with van der Waals surface area (Å²) >= 11 is 1.41. The van der Waals surface area contributed by atoms with Crippen LogP contribution in [0.4, 0.5) is 0 Å². The van der Waals surface area contributed by atoms with E-state index < -0.39 is 17.8 Å². The molecule has 2 rings (SSSR count). The van der Waals surface area contributed by atoms with Crippen molar-refractivity contribution in [1.29, 1.82) is 0 Å². The van der Waals surface area contributed by atoms with Gasteiger partial charge in [-0.3, -0.25) is 9.79 Å². The van der Waals surface area contributed by atoms with Crippen LogP contribution in [0, 0.1) is 5.92 Å². The normalized spacial score (nSPS) is 20.2. The Kier molecular flexibility index (Phi) is 6.87. The number of aliphatic imine (C=N–C) groups is 1. The van der Waals surface area contributed by atoms with Gasteiger partial charge < -0.3 is 9.47 Å². The Balaban J connectivity index is 2.45. The molecule has 0 N–H and O–H groups in total. The van der Waals surface area contributed by atoms with Crippen molar-refractivity contribution in [2.24, 2.45) is 10.9 Å².